The van der Waals surface area contributed by atoms with Crippen LogP contribution in [0.3, 0.4) is 0 Å². The van der Waals surface area contributed by atoms with Gasteiger partial charge in [-0.15, -0.1) is 0 Å². The molecule has 0 radical (unpaired) electrons. The zero-order valence-electron chi connectivity index (χ0n) is 11.8. The molecule has 0 fully saturated rings. The third-order valence-corrected chi connectivity index (χ3v) is 2.48. The molecule has 0 bridgehead atoms. The Morgan fingerprint density at radius 2 is 1.85 bits per heavy atom. The number of ether oxygens (including phenoxy) is 1. The van der Waals surface area contributed by atoms with Crippen LogP contribution in [0.2, 0.25) is 0 Å². The van der Waals surface area contributed by atoms with Crippen molar-refractivity contribution in [1.29, 1.82) is 0 Å². The highest BCUT2D eigenvalue weighted by Gasteiger charge is 2.13. The van der Waals surface area contributed by atoms with Crippen molar-refractivity contribution in [3.05, 3.63) is 42.0 Å². The summed E-state index contributed by atoms with van der Waals surface area (Å²) in [7, 11) is 0. The van der Waals surface area contributed by atoms with E-state index in [1.54, 1.807) is 0 Å². The number of benzene rings is 1. The number of para-hydroxylation sites is 1. The van der Waals surface area contributed by atoms with E-state index in [-0.39, 0.29) is 12.1 Å². The SMILES string of the molecule is CC(C)Oc1ccccc1C(C)NC(=O)/C=C/C(=O)O. The molecule has 0 saturated carbocycles. The molecule has 0 aromatic heterocycles. The molecule has 0 saturated heterocycles. The summed E-state index contributed by atoms with van der Waals surface area (Å²) in [5.74, 6) is -0.909. The summed E-state index contributed by atoms with van der Waals surface area (Å²) in [6, 6.07) is 7.14. The van der Waals surface area contributed by atoms with Crippen LogP contribution < -0.4 is 10.1 Å². The molecule has 0 aliphatic carbocycles. The van der Waals surface area contributed by atoms with Crippen molar-refractivity contribution in [2.75, 3.05) is 0 Å². The van der Waals surface area contributed by atoms with E-state index in [4.69, 9.17) is 9.84 Å². The van der Waals surface area contributed by atoms with Gasteiger partial charge in [-0.25, -0.2) is 4.79 Å². The first-order valence-corrected chi connectivity index (χ1v) is 6.37. The lowest BCUT2D eigenvalue weighted by molar-refractivity contribution is -0.131. The number of nitrogens with one attached hydrogen (secondary N) is 1. The molecule has 1 aromatic rings. The zero-order valence-corrected chi connectivity index (χ0v) is 11.8. The van der Waals surface area contributed by atoms with Crippen LogP contribution in [-0.4, -0.2) is 23.1 Å². The third-order valence-electron chi connectivity index (χ3n) is 2.48. The Hall–Kier alpha value is -2.30. The van der Waals surface area contributed by atoms with E-state index in [0.717, 1.165) is 17.7 Å². The largest absolute Gasteiger partial charge is 0.491 e. The number of hydrogen-bond acceptors (Lipinski definition) is 3. The van der Waals surface area contributed by atoms with Crippen LogP contribution in [-0.2, 0) is 9.59 Å². The number of carbonyl (C=O) groups excluding carboxylic acids is 1. The van der Waals surface area contributed by atoms with E-state index in [9.17, 15) is 9.59 Å². The van der Waals surface area contributed by atoms with Crippen LogP contribution in [0.1, 0.15) is 32.4 Å². The molecule has 1 unspecified atom stereocenters. The summed E-state index contributed by atoms with van der Waals surface area (Å²) in [5.41, 5.74) is 0.846. The fourth-order valence-corrected chi connectivity index (χ4v) is 1.69. The van der Waals surface area contributed by atoms with Crippen molar-refractivity contribution < 1.29 is 19.4 Å². The van der Waals surface area contributed by atoms with Gasteiger partial charge in [-0.2, -0.15) is 0 Å². The van der Waals surface area contributed by atoms with E-state index in [1.807, 2.05) is 45.0 Å². The molecule has 2 N–H and O–H groups in total. The van der Waals surface area contributed by atoms with Crippen molar-refractivity contribution in [2.45, 2.75) is 32.9 Å². The van der Waals surface area contributed by atoms with Crippen LogP contribution >= 0.6 is 0 Å². The second-order valence-corrected chi connectivity index (χ2v) is 4.61. The summed E-state index contributed by atoms with van der Waals surface area (Å²) in [6.45, 7) is 5.67. The lowest BCUT2D eigenvalue weighted by atomic mass is 10.1. The Kier molecular flexibility index (Phi) is 5.77. The Morgan fingerprint density at radius 3 is 2.45 bits per heavy atom. The molecule has 0 heterocycles. The van der Waals surface area contributed by atoms with Crippen molar-refractivity contribution in [3.8, 4) is 5.75 Å². The predicted molar refractivity (Wildman–Crippen MR) is 75.5 cm³/mol. The molecule has 1 amide bonds. The van der Waals surface area contributed by atoms with Crippen molar-refractivity contribution in [2.24, 2.45) is 0 Å². The van der Waals surface area contributed by atoms with Crippen LogP contribution in [0, 0.1) is 0 Å². The molecule has 108 valence electrons. The number of amides is 1. The molecular weight excluding hydrogens is 258 g/mol. The number of hydrogen-bond donors (Lipinski definition) is 2. The second-order valence-electron chi connectivity index (χ2n) is 4.61. The number of aliphatic carboxylic acids is 1. The minimum atomic E-state index is -1.16. The average Bonchev–Trinajstić information content (AvgIpc) is 2.36. The van der Waals surface area contributed by atoms with Gasteiger partial charge in [-0.3, -0.25) is 4.79 Å². The van der Waals surface area contributed by atoms with Crippen LogP contribution in [0.4, 0.5) is 0 Å². The van der Waals surface area contributed by atoms with Gasteiger partial charge < -0.3 is 15.2 Å². The van der Waals surface area contributed by atoms with Gasteiger partial charge in [0.15, 0.2) is 0 Å². The molecule has 0 spiro atoms. The number of rotatable bonds is 6. The molecule has 20 heavy (non-hydrogen) atoms. The Labute approximate surface area is 118 Å². The maximum absolute atomic E-state index is 11.6. The smallest absolute Gasteiger partial charge is 0.328 e. The van der Waals surface area contributed by atoms with Gasteiger partial charge in [-0.1, -0.05) is 18.2 Å². The highest BCUT2D eigenvalue weighted by molar-refractivity contribution is 5.94. The Bertz CT molecular complexity index is 508. The minimum absolute atomic E-state index is 0.0333. The van der Waals surface area contributed by atoms with Gasteiger partial charge in [0.05, 0.1) is 12.1 Å². The van der Waals surface area contributed by atoms with Gasteiger partial charge in [0.25, 0.3) is 0 Å². The Morgan fingerprint density at radius 1 is 1.20 bits per heavy atom. The second kappa shape index (κ2) is 7.33. The first-order chi connectivity index (χ1) is 9.40. The zero-order chi connectivity index (χ0) is 15.1. The molecule has 0 aliphatic rings. The summed E-state index contributed by atoms with van der Waals surface area (Å²) < 4.78 is 5.68. The molecule has 0 aliphatic heterocycles. The fourth-order valence-electron chi connectivity index (χ4n) is 1.69. The number of carbonyl (C=O) groups is 2. The van der Waals surface area contributed by atoms with E-state index in [1.165, 1.54) is 0 Å². The van der Waals surface area contributed by atoms with Crippen LogP contribution in [0.15, 0.2) is 36.4 Å². The fraction of sp³-hybridized carbons (Fsp3) is 0.333. The standard InChI is InChI=1S/C15H19NO4/c1-10(2)20-13-7-5-4-6-12(13)11(3)16-14(17)8-9-15(18)19/h4-11H,1-3H3,(H,16,17)(H,18,19)/b9-8+. The van der Waals surface area contributed by atoms with Crippen molar-refractivity contribution in [1.82, 2.24) is 5.32 Å². The molecule has 1 atom stereocenters. The molecule has 1 aromatic carbocycles. The highest BCUT2D eigenvalue weighted by Crippen LogP contribution is 2.25. The quantitative estimate of drug-likeness (QED) is 0.782. The lowest BCUT2D eigenvalue weighted by Crippen LogP contribution is -2.25. The first kappa shape index (κ1) is 15.8. The maximum atomic E-state index is 11.6. The van der Waals surface area contributed by atoms with E-state index < -0.39 is 11.9 Å². The van der Waals surface area contributed by atoms with Crippen molar-refractivity contribution >= 4 is 11.9 Å². The topological polar surface area (TPSA) is 75.6 Å². The highest BCUT2D eigenvalue weighted by atomic mass is 16.5. The molecule has 1 rings (SSSR count). The monoisotopic (exact) mass is 277 g/mol. The number of carboxylic acids is 1. The van der Waals surface area contributed by atoms with Crippen molar-refractivity contribution in [3.63, 3.8) is 0 Å². The number of carboxylic acid groups (broad SMARTS) is 1. The third kappa shape index (κ3) is 5.14. The van der Waals surface area contributed by atoms with Gasteiger partial charge in [0.2, 0.25) is 5.91 Å². The summed E-state index contributed by atoms with van der Waals surface area (Å²) in [5, 5.41) is 11.2. The summed E-state index contributed by atoms with van der Waals surface area (Å²) in [6.07, 6.45) is 1.83. The normalized spacial score (nSPS) is 12.4. The first-order valence-electron chi connectivity index (χ1n) is 6.37. The summed E-state index contributed by atoms with van der Waals surface area (Å²) in [4.78, 5) is 21.9. The van der Waals surface area contributed by atoms with Gasteiger partial charge in [0.1, 0.15) is 5.75 Å². The van der Waals surface area contributed by atoms with Gasteiger partial charge >= 0.3 is 5.97 Å². The Balaban J connectivity index is 2.79. The molecule has 5 heteroatoms. The average molecular weight is 277 g/mol. The summed E-state index contributed by atoms with van der Waals surface area (Å²) >= 11 is 0. The lowest BCUT2D eigenvalue weighted by Gasteiger charge is -2.19. The van der Waals surface area contributed by atoms with Crippen LogP contribution in [0.5, 0.6) is 5.75 Å². The van der Waals surface area contributed by atoms with Crippen LogP contribution in [0.25, 0.3) is 0 Å². The molecular formula is C15H19NO4. The maximum Gasteiger partial charge on any atom is 0.328 e. The predicted octanol–water partition coefficient (Wildman–Crippen LogP) is 2.29. The van der Waals surface area contributed by atoms with E-state index >= 15 is 0 Å². The van der Waals surface area contributed by atoms with E-state index in [2.05, 4.69) is 5.32 Å². The molecule has 5 nitrogen and oxygen atoms in total. The van der Waals surface area contributed by atoms with E-state index in [0.29, 0.717) is 5.75 Å². The van der Waals surface area contributed by atoms with Gasteiger partial charge in [-0.05, 0) is 26.8 Å². The minimum Gasteiger partial charge on any atom is -0.491 e. The van der Waals surface area contributed by atoms with Gasteiger partial charge in [0, 0.05) is 17.7 Å².